The molecule has 0 saturated carbocycles. The van der Waals surface area contributed by atoms with Crippen LogP contribution >= 0.6 is 23.2 Å². The molecule has 3 aromatic rings. The van der Waals surface area contributed by atoms with Gasteiger partial charge in [0.15, 0.2) is 0 Å². The monoisotopic (exact) mass is 474 g/mol. The molecule has 29 heavy (non-hydrogen) atoms. The topological polar surface area (TPSA) is 92.3 Å². The number of anilines is 2. The largest absolute Gasteiger partial charge is 0.280 e. The average molecular weight is 475 g/mol. The molecule has 0 atom stereocenters. The van der Waals surface area contributed by atoms with Crippen molar-refractivity contribution in [3.05, 3.63) is 82.6 Å². The predicted molar refractivity (Wildman–Crippen MR) is 111 cm³/mol. The molecule has 0 unspecified atom stereocenters. The summed E-state index contributed by atoms with van der Waals surface area (Å²) in [7, 11) is -7.92. The van der Waals surface area contributed by atoms with Crippen LogP contribution in [-0.2, 0) is 20.0 Å². The second-order valence-corrected chi connectivity index (χ2v) is 9.99. The number of sulfonamides is 2. The molecule has 6 nitrogen and oxygen atoms in total. The Labute approximate surface area is 177 Å². The first-order valence-electron chi connectivity index (χ1n) is 7.93. The van der Waals surface area contributed by atoms with Crippen molar-refractivity contribution in [2.45, 2.75) is 9.79 Å². The molecule has 3 rings (SSSR count). The number of benzene rings is 3. The fourth-order valence-electron chi connectivity index (χ4n) is 2.33. The molecule has 0 heterocycles. The van der Waals surface area contributed by atoms with E-state index in [4.69, 9.17) is 23.2 Å². The van der Waals surface area contributed by atoms with Crippen LogP contribution < -0.4 is 9.44 Å². The van der Waals surface area contributed by atoms with Crippen molar-refractivity contribution in [3.63, 3.8) is 0 Å². The molecular weight excluding hydrogens is 462 g/mol. The van der Waals surface area contributed by atoms with Crippen LogP contribution in [0.15, 0.2) is 76.5 Å². The molecule has 3 aromatic carbocycles. The van der Waals surface area contributed by atoms with Crippen LogP contribution in [0.5, 0.6) is 0 Å². The van der Waals surface area contributed by atoms with Gasteiger partial charge in [0.1, 0.15) is 10.7 Å². The first-order chi connectivity index (χ1) is 13.6. The highest BCUT2D eigenvalue weighted by Crippen LogP contribution is 2.27. The smallest absolute Gasteiger partial charge is 0.263 e. The van der Waals surface area contributed by atoms with Crippen LogP contribution in [0.25, 0.3) is 0 Å². The molecular formula is C18H13Cl2FN2O4S2. The molecule has 2 N–H and O–H groups in total. The minimum absolute atomic E-state index is 0.00516. The number of rotatable bonds is 6. The Morgan fingerprint density at radius 3 is 1.76 bits per heavy atom. The number of hydrogen-bond acceptors (Lipinski definition) is 4. The van der Waals surface area contributed by atoms with Crippen LogP contribution in [0.3, 0.4) is 0 Å². The first kappa shape index (κ1) is 21.4. The van der Waals surface area contributed by atoms with Gasteiger partial charge in [-0.25, -0.2) is 21.2 Å². The van der Waals surface area contributed by atoms with E-state index in [2.05, 4.69) is 9.44 Å². The summed E-state index contributed by atoms with van der Waals surface area (Å²) < 4.78 is 67.3. The van der Waals surface area contributed by atoms with Gasteiger partial charge in [-0.15, -0.1) is 0 Å². The normalized spacial score (nSPS) is 11.8. The number of hydrogen-bond donors (Lipinski definition) is 2. The van der Waals surface area contributed by atoms with Gasteiger partial charge >= 0.3 is 0 Å². The van der Waals surface area contributed by atoms with Crippen LogP contribution in [-0.4, -0.2) is 16.8 Å². The Hall–Kier alpha value is -2.33. The lowest BCUT2D eigenvalue weighted by molar-refractivity contribution is 0.598. The first-order valence-corrected chi connectivity index (χ1v) is 11.7. The van der Waals surface area contributed by atoms with Gasteiger partial charge in [-0.1, -0.05) is 23.2 Å². The minimum atomic E-state index is -4.00. The summed E-state index contributed by atoms with van der Waals surface area (Å²) in [6.07, 6.45) is 0. The Bertz CT molecular complexity index is 1250. The maximum atomic E-state index is 13.0. The summed E-state index contributed by atoms with van der Waals surface area (Å²) in [6, 6.07) is 13.9. The quantitative estimate of drug-likeness (QED) is 0.539. The van der Waals surface area contributed by atoms with E-state index in [1.165, 1.54) is 42.5 Å². The van der Waals surface area contributed by atoms with Gasteiger partial charge in [0.05, 0.1) is 9.92 Å². The number of nitrogens with one attached hydrogen (secondary N) is 2. The van der Waals surface area contributed by atoms with Crippen LogP contribution in [0, 0.1) is 5.82 Å². The average Bonchev–Trinajstić information content (AvgIpc) is 2.65. The lowest BCUT2D eigenvalue weighted by Gasteiger charge is -2.11. The van der Waals surface area contributed by atoms with Crippen molar-refractivity contribution in [2.75, 3.05) is 9.44 Å². The minimum Gasteiger partial charge on any atom is -0.280 e. The summed E-state index contributed by atoms with van der Waals surface area (Å²) in [5.41, 5.74) is 0.379. The van der Waals surface area contributed by atoms with Gasteiger partial charge in [0, 0.05) is 16.4 Å². The fourth-order valence-corrected chi connectivity index (χ4v) is 5.21. The molecule has 0 aliphatic carbocycles. The highest BCUT2D eigenvalue weighted by Gasteiger charge is 2.19. The lowest BCUT2D eigenvalue weighted by Crippen LogP contribution is -2.14. The molecule has 152 valence electrons. The molecule has 0 aliphatic rings. The van der Waals surface area contributed by atoms with Crippen molar-refractivity contribution >= 4 is 54.6 Å². The third-order valence-corrected chi connectivity index (χ3v) is 7.19. The molecule has 0 spiro atoms. The molecule has 0 fully saturated rings. The van der Waals surface area contributed by atoms with E-state index in [1.807, 2.05) is 0 Å². The van der Waals surface area contributed by atoms with Crippen molar-refractivity contribution < 1.29 is 21.2 Å². The molecule has 0 aliphatic heterocycles. The summed E-state index contributed by atoms with van der Waals surface area (Å²) in [6.45, 7) is 0. The fraction of sp³-hybridized carbons (Fsp3) is 0. The number of halogens is 3. The molecule has 0 amide bonds. The predicted octanol–water partition coefficient (Wildman–Crippen LogP) is 4.73. The summed E-state index contributed by atoms with van der Waals surface area (Å²) >= 11 is 11.8. The molecule has 0 bridgehead atoms. The maximum Gasteiger partial charge on any atom is 0.263 e. The maximum absolute atomic E-state index is 13.0. The summed E-state index contributed by atoms with van der Waals surface area (Å²) in [5, 5.41) is 0.214. The molecule has 11 heteroatoms. The Balaban J connectivity index is 1.78. The molecule has 0 radical (unpaired) electrons. The van der Waals surface area contributed by atoms with E-state index >= 15 is 0 Å². The van der Waals surface area contributed by atoms with E-state index in [0.717, 1.165) is 24.3 Å². The Morgan fingerprint density at radius 1 is 0.690 bits per heavy atom. The van der Waals surface area contributed by atoms with Crippen LogP contribution in [0.1, 0.15) is 0 Å². The summed E-state index contributed by atoms with van der Waals surface area (Å²) in [4.78, 5) is -0.299. The van der Waals surface area contributed by atoms with E-state index in [9.17, 15) is 21.2 Å². The van der Waals surface area contributed by atoms with Crippen molar-refractivity contribution in [1.29, 1.82) is 0 Å². The van der Waals surface area contributed by atoms with Crippen LogP contribution in [0.4, 0.5) is 15.8 Å². The third kappa shape index (κ3) is 5.18. The van der Waals surface area contributed by atoms with Crippen molar-refractivity contribution in [2.24, 2.45) is 0 Å². The Morgan fingerprint density at radius 2 is 1.21 bits per heavy atom. The third-order valence-electron chi connectivity index (χ3n) is 3.70. The van der Waals surface area contributed by atoms with E-state index < -0.39 is 25.9 Å². The zero-order chi connectivity index (χ0) is 21.2. The second kappa shape index (κ2) is 8.19. The van der Waals surface area contributed by atoms with E-state index in [1.54, 1.807) is 0 Å². The van der Waals surface area contributed by atoms with E-state index in [-0.39, 0.29) is 31.2 Å². The van der Waals surface area contributed by atoms with Gasteiger partial charge in [-0.05, 0) is 66.7 Å². The highest BCUT2D eigenvalue weighted by molar-refractivity contribution is 7.93. The molecule has 0 aromatic heterocycles. The van der Waals surface area contributed by atoms with Gasteiger partial charge in [-0.2, -0.15) is 0 Å². The molecule has 0 saturated heterocycles. The van der Waals surface area contributed by atoms with Gasteiger partial charge in [0.2, 0.25) is 0 Å². The van der Waals surface area contributed by atoms with Gasteiger partial charge < -0.3 is 0 Å². The van der Waals surface area contributed by atoms with Crippen molar-refractivity contribution in [3.8, 4) is 0 Å². The highest BCUT2D eigenvalue weighted by atomic mass is 35.5. The zero-order valence-electron chi connectivity index (χ0n) is 14.4. The zero-order valence-corrected chi connectivity index (χ0v) is 17.6. The summed E-state index contributed by atoms with van der Waals surface area (Å²) in [5.74, 6) is -0.555. The van der Waals surface area contributed by atoms with Crippen LogP contribution in [0.2, 0.25) is 10.0 Å². The van der Waals surface area contributed by atoms with Crippen molar-refractivity contribution in [1.82, 2.24) is 0 Å². The SMILES string of the molecule is O=S(=O)(Nc1ccc(NS(=O)(=O)c2cc(Cl)ccc2Cl)cc1)c1ccc(F)cc1. The standard InChI is InChI=1S/C18H13Cl2FN2O4S2/c19-12-1-10-17(20)18(11-12)29(26,27)23-15-6-4-14(5-7-15)22-28(24,25)16-8-2-13(21)3-9-16/h1-11,22-23H. The van der Waals surface area contributed by atoms with E-state index in [0.29, 0.717) is 0 Å². The van der Waals surface area contributed by atoms with Gasteiger partial charge in [0.25, 0.3) is 20.0 Å². The Kier molecular flexibility index (Phi) is 6.04. The van der Waals surface area contributed by atoms with Gasteiger partial charge in [-0.3, -0.25) is 9.44 Å². The second-order valence-electron chi connectivity index (χ2n) is 5.82. The lowest BCUT2D eigenvalue weighted by atomic mass is 10.3.